The van der Waals surface area contributed by atoms with Gasteiger partial charge in [0.05, 0.1) is 12.8 Å². The number of hydrogen-bond acceptors (Lipinski definition) is 3. The van der Waals surface area contributed by atoms with Crippen LogP contribution in [0.1, 0.15) is 10.4 Å². The Kier molecular flexibility index (Phi) is 3.84. The average Bonchev–Trinajstić information content (AvgIpc) is 2.41. The Hall–Kier alpha value is -2.63. The Labute approximate surface area is 114 Å². The predicted octanol–water partition coefficient (Wildman–Crippen LogP) is 2.81. The average molecular weight is 278 g/mol. The number of rotatable bonds is 3. The lowest BCUT2D eigenvalue weighted by Crippen LogP contribution is -2.13. The summed E-state index contributed by atoms with van der Waals surface area (Å²) in [6, 6.07) is 7.60. The van der Waals surface area contributed by atoms with Crippen molar-refractivity contribution in [3.63, 3.8) is 0 Å². The topological polar surface area (TPSA) is 64.3 Å². The van der Waals surface area contributed by atoms with Gasteiger partial charge in [-0.3, -0.25) is 4.79 Å². The number of halogens is 2. The van der Waals surface area contributed by atoms with Crippen molar-refractivity contribution in [1.29, 1.82) is 0 Å². The molecule has 0 aromatic heterocycles. The highest BCUT2D eigenvalue weighted by atomic mass is 19.1. The molecule has 0 aliphatic heterocycles. The van der Waals surface area contributed by atoms with Gasteiger partial charge >= 0.3 is 0 Å². The Bertz CT molecular complexity index is 660. The highest BCUT2D eigenvalue weighted by Crippen LogP contribution is 2.20. The summed E-state index contributed by atoms with van der Waals surface area (Å²) in [7, 11) is 1.32. The number of nitrogens with one attached hydrogen (secondary N) is 1. The lowest BCUT2D eigenvalue weighted by molar-refractivity contribution is 0.102. The molecule has 20 heavy (non-hydrogen) atoms. The van der Waals surface area contributed by atoms with Gasteiger partial charge in [-0.05, 0) is 36.4 Å². The molecule has 0 aliphatic carbocycles. The first-order valence-corrected chi connectivity index (χ1v) is 5.71. The van der Waals surface area contributed by atoms with Crippen molar-refractivity contribution in [3.8, 4) is 5.75 Å². The first-order valence-electron chi connectivity index (χ1n) is 5.71. The molecule has 6 heteroatoms. The number of benzene rings is 2. The normalized spacial score (nSPS) is 10.2. The summed E-state index contributed by atoms with van der Waals surface area (Å²) >= 11 is 0. The first kappa shape index (κ1) is 13.8. The number of anilines is 2. The molecule has 1 amide bonds. The van der Waals surface area contributed by atoms with Gasteiger partial charge in [-0.15, -0.1) is 0 Å². The molecule has 3 N–H and O–H groups in total. The predicted molar refractivity (Wildman–Crippen MR) is 71.7 cm³/mol. The van der Waals surface area contributed by atoms with E-state index < -0.39 is 17.5 Å². The first-order chi connectivity index (χ1) is 9.51. The zero-order valence-corrected chi connectivity index (χ0v) is 10.6. The molecule has 0 spiro atoms. The maximum absolute atomic E-state index is 13.5. The van der Waals surface area contributed by atoms with Crippen molar-refractivity contribution < 1.29 is 18.3 Å². The Morgan fingerprint density at radius 2 is 1.90 bits per heavy atom. The Morgan fingerprint density at radius 3 is 2.50 bits per heavy atom. The van der Waals surface area contributed by atoms with E-state index in [4.69, 9.17) is 10.5 Å². The van der Waals surface area contributed by atoms with E-state index in [9.17, 15) is 13.6 Å². The van der Waals surface area contributed by atoms with Crippen molar-refractivity contribution in [1.82, 2.24) is 0 Å². The maximum Gasteiger partial charge on any atom is 0.255 e. The highest BCUT2D eigenvalue weighted by molar-refractivity contribution is 6.04. The number of carbonyl (C=O) groups is 1. The van der Waals surface area contributed by atoms with Crippen LogP contribution in [0.2, 0.25) is 0 Å². The van der Waals surface area contributed by atoms with E-state index in [1.165, 1.54) is 31.4 Å². The van der Waals surface area contributed by atoms with Crippen molar-refractivity contribution in [2.45, 2.75) is 0 Å². The highest BCUT2D eigenvalue weighted by Gasteiger charge is 2.12. The van der Waals surface area contributed by atoms with Gasteiger partial charge in [0.1, 0.15) is 5.82 Å². The fraction of sp³-hybridized carbons (Fsp3) is 0.0714. The zero-order chi connectivity index (χ0) is 14.7. The third kappa shape index (κ3) is 2.85. The summed E-state index contributed by atoms with van der Waals surface area (Å²) in [5.74, 6) is -1.93. The molecule has 0 bridgehead atoms. The number of methoxy groups -OCH3 is 1. The SMILES string of the molecule is COc1ccc(C(=O)Nc2ccc(N)cc2F)cc1F. The van der Waals surface area contributed by atoms with E-state index >= 15 is 0 Å². The van der Waals surface area contributed by atoms with Gasteiger partial charge in [0.2, 0.25) is 0 Å². The number of carbonyl (C=O) groups excluding carboxylic acids is 1. The second kappa shape index (κ2) is 5.56. The standard InChI is InChI=1S/C14H12F2N2O2/c1-20-13-5-2-8(6-11(13)16)14(19)18-12-4-3-9(17)7-10(12)15/h2-7H,17H2,1H3,(H,18,19). The third-order valence-corrected chi connectivity index (χ3v) is 2.66. The van der Waals surface area contributed by atoms with Gasteiger partial charge < -0.3 is 15.8 Å². The van der Waals surface area contributed by atoms with E-state index in [-0.39, 0.29) is 22.7 Å². The molecule has 104 valence electrons. The van der Waals surface area contributed by atoms with Gasteiger partial charge in [0, 0.05) is 11.3 Å². The Balaban J connectivity index is 2.21. The van der Waals surface area contributed by atoms with Crippen molar-refractivity contribution in [2.75, 3.05) is 18.2 Å². The molecule has 4 nitrogen and oxygen atoms in total. The zero-order valence-electron chi connectivity index (χ0n) is 10.6. The fourth-order valence-corrected chi connectivity index (χ4v) is 1.63. The maximum atomic E-state index is 13.5. The molecule has 2 aromatic carbocycles. The van der Waals surface area contributed by atoms with Crippen LogP contribution in [0.3, 0.4) is 0 Å². The number of hydrogen-bond donors (Lipinski definition) is 2. The van der Waals surface area contributed by atoms with Crippen molar-refractivity contribution in [3.05, 3.63) is 53.6 Å². The molecular weight excluding hydrogens is 266 g/mol. The lowest BCUT2D eigenvalue weighted by Gasteiger charge is -2.08. The fourth-order valence-electron chi connectivity index (χ4n) is 1.63. The van der Waals surface area contributed by atoms with E-state index in [0.717, 1.165) is 12.1 Å². The summed E-state index contributed by atoms with van der Waals surface area (Å²) in [5.41, 5.74) is 5.68. The third-order valence-electron chi connectivity index (χ3n) is 2.66. The van der Waals surface area contributed by atoms with Crippen LogP contribution in [-0.2, 0) is 0 Å². The summed E-state index contributed by atoms with van der Waals surface area (Å²) in [4.78, 5) is 11.9. The monoisotopic (exact) mass is 278 g/mol. The van der Waals surface area contributed by atoms with Crippen LogP contribution in [0.15, 0.2) is 36.4 Å². The van der Waals surface area contributed by atoms with Crippen molar-refractivity contribution in [2.24, 2.45) is 0 Å². The Morgan fingerprint density at radius 1 is 1.15 bits per heavy atom. The molecule has 0 radical (unpaired) electrons. The van der Waals surface area contributed by atoms with Gasteiger partial charge in [0.15, 0.2) is 11.6 Å². The number of ether oxygens (including phenoxy) is 1. The van der Waals surface area contributed by atoms with E-state index in [1.807, 2.05) is 0 Å². The van der Waals surface area contributed by atoms with Gasteiger partial charge in [-0.2, -0.15) is 0 Å². The van der Waals surface area contributed by atoms with Crippen molar-refractivity contribution >= 4 is 17.3 Å². The van der Waals surface area contributed by atoms with Crippen LogP contribution in [-0.4, -0.2) is 13.0 Å². The molecule has 0 atom stereocenters. The quantitative estimate of drug-likeness (QED) is 0.848. The van der Waals surface area contributed by atoms with Gasteiger partial charge in [-0.1, -0.05) is 0 Å². The van der Waals surface area contributed by atoms with Crippen LogP contribution < -0.4 is 15.8 Å². The second-order valence-electron chi connectivity index (χ2n) is 4.04. The van der Waals surface area contributed by atoms with E-state index in [1.54, 1.807) is 0 Å². The minimum absolute atomic E-state index is 0.0274. The van der Waals surface area contributed by atoms with Gasteiger partial charge in [-0.25, -0.2) is 8.78 Å². The van der Waals surface area contributed by atoms with Crippen LogP contribution >= 0.6 is 0 Å². The molecule has 0 saturated heterocycles. The largest absolute Gasteiger partial charge is 0.494 e. The van der Waals surface area contributed by atoms with Crippen LogP contribution in [0.5, 0.6) is 5.75 Å². The minimum atomic E-state index is -0.669. The molecular formula is C14H12F2N2O2. The molecule has 2 aromatic rings. The number of nitrogens with two attached hydrogens (primary N) is 1. The summed E-state index contributed by atoms with van der Waals surface area (Å²) in [6.45, 7) is 0. The molecule has 0 fully saturated rings. The molecule has 0 saturated carbocycles. The minimum Gasteiger partial charge on any atom is -0.494 e. The van der Waals surface area contributed by atoms with Crippen LogP contribution in [0.25, 0.3) is 0 Å². The summed E-state index contributed by atoms with van der Waals surface area (Å²) in [5, 5.41) is 2.34. The summed E-state index contributed by atoms with van der Waals surface area (Å²) in [6.07, 6.45) is 0. The van der Waals surface area contributed by atoms with Crippen LogP contribution in [0.4, 0.5) is 20.2 Å². The number of amides is 1. The smallest absolute Gasteiger partial charge is 0.255 e. The molecule has 0 unspecified atom stereocenters. The molecule has 2 rings (SSSR count). The lowest BCUT2D eigenvalue weighted by atomic mass is 10.2. The number of nitrogen functional groups attached to an aromatic ring is 1. The van der Waals surface area contributed by atoms with Gasteiger partial charge in [0.25, 0.3) is 5.91 Å². The molecule has 0 heterocycles. The second-order valence-corrected chi connectivity index (χ2v) is 4.04. The van der Waals surface area contributed by atoms with E-state index in [0.29, 0.717) is 0 Å². The summed E-state index contributed by atoms with van der Waals surface area (Å²) < 4.78 is 31.8. The molecule has 0 aliphatic rings. The van der Waals surface area contributed by atoms with Crippen LogP contribution in [0, 0.1) is 11.6 Å². The van der Waals surface area contributed by atoms with E-state index in [2.05, 4.69) is 5.32 Å².